The molecule has 3 N–H and O–H groups in total. The molecule has 104 valence electrons. The Morgan fingerprint density at radius 2 is 2.11 bits per heavy atom. The molecule has 0 atom stereocenters. The lowest BCUT2D eigenvalue weighted by atomic mass is 10.3. The molecule has 0 aromatic carbocycles. The highest BCUT2D eigenvalue weighted by Gasteiger charge is 2.10. The van der Waals surface area contributed by atoms with Crippen LogP contribution in [0.15, 0.2) is 18.3 Å². The van der Waals surface area contributed by atoms with Crippen LogP contribution in [0.3, 0.4) is 0 Å². The maximum Gasteiger partial charge on any atom is 0.270 e. The lowest BCUT2D eigenvalue weighted by molar-refractivity contribution is -0.120. The van der Waals surface area contributed by atoms with Gasteiger partial charge < -0.3 is 16.0 Å². The van der Waals surface area contributed by atoms with Crippen LogP contribution in [0.2, 0.25) is 0 Å². The highest BCUT2D eigenvalue weighted by molar-refractivity contribution is 5.95. The van der Waals surface area contributed by atoms with Crippen LogP contribution in [-0.4, -0.2) is 35.9 Å². The van der Waals surface area contributed by atoms with E-state index < -0.39 is 0 Å². The van der Waals surface area contributed by atoms with Crippen molar-refractivity contribution in [2.45, 2.75) is 26.8 Å². The quantitative estimate of drug-likeness (QED) is 0.708. The zero-order valence-electron chi connectivity index (χ0n) is 11.5. The van der Waals surface area contributed by atoms with Crippen LogP contribution in [-0.2, 0) is 4.79 Å². The molecule has 6 nitrogen and oxygen atoms in total. The average molecular weight is 264 g/mol. The zero-order chi connectivity index (χ0) is 14.3. The van der Waals surface area contributed by atoms with Gasteiger partial charge in [0.25, 0.3) is 5.91 Å². The van der Waals surface area contributed by atoms with Crippen molar-refractivity contribution in [1.29, 1.82) is 0 Å². The summed E-state index contributed by atoms with van der Waals surface area (Å²) >= 11 is 0. The number of carbonyl (C=O) groups excluding carboxylic acids is 2. The molecule has 1 aromatic rings. The van der Waals surface area contributed by atoms with Gasteiger partial charge in [0.05, 0.1) is 6.54 Å². The maximum absolute atomic E-state index is 11.8. The van der Waals surface area contributed by atoms with E-state index in [9.17, 15) is 9.59 Å². The summed E-state index contributed by atoms with van der Waals surface area (Å²) in [5.41, 5.74) is 1.12. The van der Waals surface area contributed by atoms with Gasteiger partial charge in [0.1, 0.15) is 5.69 Å². The molecule has 1 heterocycles. The number of rotatable bonds is 6. The van der Waals surface area contributed by atoms with Gasteiger partial charge in [0.15, 0.2) is 0 Å². The molecule has 0 fully saturated rings. The Morgan fingerprint density at radius 1 is 1.37 bits per heavy atom. The Bertz CT molecular complexity index is 446. The Balaban J connectivity index is 2.53. The fraction of sp³-hybridized carbons (Fsp3) is 0.462. The van der Waals surface area contributed by atoms with Crippen molar-refractivity contribution in [2.75, 3.05) is 18.4 Å². The number of hydrogen-bond acceptors (Lipinski definition) is 4. The second-order valence-electron chi connectivity index (χ2n) is 4.36. The van der Waals surface area contributed by atoms with E-state index in [0.29, 0.717) is 0 Å². The van der Waals surface area contributed by atoms with Crippen molar-refractivity contribution >= 4 is 17.5 Å². The third kappa shape index (κ3) is 5.37. The highest BCUT2D eigenvalue weighted by atomic mass is 16.2. The molecule has 0 saturated heterocycles. The van der Waals surface area contributed by atoms with Crippen molar-refractivity contribution in [3.8, 4) is 0 Å². The number of amides is 2. The van der Waals surface area contributed by atoms with Crippen LogP contribution in [0.25, 0.3) is 0 Å². The molecule has 6 heteroatoms. The van der Waals surface area contributed by atoms with E-state index in [-0.39, 0.29) is 30.1 Å². The van der Waals surface area contributed by atoms with Gasteiger partial charge >= 0.3 is 0 Å². The molecule has 1 aromatic heterocycles. The molecule has 0 saturated carbocycles. The predicted molar refractivity (Wildman–Crippen MR) is 74.0 cm³/mol. The number of anilines is 1. The number of aromatic nitrogens is 1. The lowest BCUT2D eigenvalue weighted by Crippen LogP contribution is -2.40. The van der Waals surface area contributed by atoms with Crippen molar-refractivity contribution < 1.29 is 9.59 Å². The van der Waals surface area contributed by atoms with Gasteiger partial charge in [-0.15, -0.1) is 0 Å². The topological polar surface area (TPSA) is 83.1 Å². The van der Waals surface area contributed by atoms with E-state index in [2.05, 4.69) is 20.9 Å². The van der Waals surface area contributed by atoms with Gasteiger partial charge in [-0.25, -0.2) is 0 Å². The minimum absolute atomic E-state index is 0.0515. The standard InChI is InChI=1S/C13H20N4O2/c1-4-14-10-5-6-15-11(7-10)13(19)16-8-12(18)17-9(2)3/h5-7,9H,4,8H2,1-3H3,(H,14,15)(H,16,19)(H,17,18). The van der Waals surface area contributed by atoms with Crippen LogP contribution < -0.4 is 16.0 Å². The normalized spacial score (nSPS) is 10.1. The number of nitrogens with one attached hydrogen (secondary N) is 3. The molecule has 0 bridgehead atoms. The summed E-state index contributed by atoms with van der Waals surface area (Å²) in [5.74, 6) is -0.579. The van der Waals surface area contributed by atoms with E-state index in [4.69, 9.17) is 0 Å². The fourth-order valence-electron chi connectivity index (χ4n) is 1.49. The van der Waals surface area contributed by atoms with Crippen molar-refractivity contribution in [3.05, 3.63) is 24.0 Å². The van der Waals surface area contributed by atoms with Gasteiger partial charge in [0, 0.05) is 24.5 Å². The van der Waals surface area contributed by atoms with Gasteiger partial charge in [-0.05, 0) is 32.9 Å². The molecule has 0 aliphatic rings. The van der Waals surface area contributed by atoms with Gasteiger partial charge in [-0.1, -0.05) is 0 Å². The van der Waals surface area contributed by atoms with Crippen LogP contribution in [0.1, 0.15) is 31.3 Å². The molecular formula is C13H20N4O2. The van der Waals surface area contributed by atoms with E-state index in [1.54, 1.807) is 18.3 Å². The number of pyridine rings is 1. The predicted octanol–water partition coefficient (Wildman–Crippen LogP) is 0.768. The summed E-state index contributed by atoms with van der Waals surface area (Å²) in [6, 6.07) is 3.49. The molecule has 19 heavy (non-hydrogen) atoms. The van der Waals surface area contributed by atoms with Crippen LogP contribution in [0.4, 0.5) is 5.69 Å². The van der Waals surface area contributed by atoms with Crippen molar-refractivity contribution in [3.63, 3.8) is 0 Å². The minimum atomic E-state index is -0.362. The first kappa shape index (κ1) is 14.9. The molecule has 2 amide bonds. The van der Waals surface area contributed by atoms with Crippen LogP contribution in [0.5, 0.6) is 0 Å². The minimum Gasteiger partial charge on any atom is -0.385 e. The first-order chi connectivity index (χ1) is 9.02. The van der Waals surface area contributed by atoms with Crippen LogP contribution >= 0.6 is 0 Å². The summed E-state index contributed by atoms with van der Waals surface area (Å²) in [4.78, 5) is 27.2. The molecule has 0 spiro atoms. The lowest BCUT2D eigenvalue weighted by Gasteiger charge is -2.09. The summed E-state index contributed by atoms with van der Waals surface area (Å²) in [7, 11) is 0. The fourth-order valence-corrected chi connectivity index (χ4v) is 1.49. The van der Waals surface area contributed by atoms with Gasteiger partial charge in [-0.2, -0.15) is 0 Å². The third-order valence-corrected chi connectivity index (χ3v) is 2.23. The van der Waals surface area contributed by atoms with E-state index in [1.165, 1.54) is 0 Å². The Morgan fingerprint density at radius 3 is 2.74 bits per heavy atom. The first-order valence-electron chi connectivity index (χ1n) is 6.30. The van der Waals surface area contributed by atoms with Gasteiger partial charge in [0.2, 0.25) is 5.91 Å². The van der Waals surface area contributed by atoms with Crippen molar-refractivity contribution in [1.82, 2.24) is 15.6 Å². The highest BCUT2D eigenvalue weighted by Crippen LogP contribution is 2.07. The summed E-state index contributed by atoms with van der Waals surface area (Å²) in [5, 5.41) is 8.32. The summed E-state index contributed by atoms with van der Waals surface area (Å²) < 4.78 is 0. The second-order valence-corrected chi connectivity index (χ2v) is 4.36. The third-order valence-electron chi connectivity index (χ3n) is 2.23. The van der Waals surface area contributed by atoms with Crippen LogP contribution in [0, 0.1) is 0 Å². The molecule has 0 aliphatic carbocycles. The number of carbonyl (C=O) groups is 2. The second kappa shape index (κ2) is 7.35. The van der Waals surface area contributed by atoms with E-state index in [0.717, 1.165) is 12.2 Å². The Kier molecular flexibility index (Phi) is 5.78. The monoisotopic (exact) mass is 264 g/mol. The smallest absolute Gasteiger partial charge is 0.270 e. The van der Waals surface area contributed by atoms with Gasteiger partial charge in [-0.3, -0.25) is 14.6 Å². The average Bonchev–Trinajstić information content (AvgIpc) is 2.36. The van der Waals surface area contributed by atoms with E-state index >= 15 is 0 Å². The molecule has 0 aliphatic heterocycles. The first-order valence-corrected chi connectivity index (χ1v) is 6.30. The molecule has 1 rings (SSSR count). The Hall–Kier alpha value is -2.11. The van der Waals surface area contributed by atoms with E-state index in [1.807, 2.05) is 20.8 Å². The largest absolute Gasteiger partial charge is 0.385 e. The molecular weight excluding hydrogens is 244 g/mol. The summed E-state index contributed by atoms with van der Waals surface area (Å²) in [6.45, 7) is 6.41. The number of hydrogen-bond donors (Lipinski definition) is 3. The SMILES string of the molecule is CCNc1ccnc(C(=O)NCC(=O)NC(C)C)c1. The Labute approximate surface area is 113 Å². The summed E-state index contributed by atoms with van der Waals surface area (Å²) in [6.07, 6.45) is 1.56. The maximum atomic E-state index is 11.8. The molecule has 0 unspecified atom stereocenters. The number of nitrogens with zero attached hydrogens (tertiary/aromatic N) is 1. The van der Waals surface area contributed by atoms with Crippen molar-refractivity contribution in [2.24, 2.45) is 0 Å². The zero-order valence-corrected chi connectivity index (χ0v) is 11.5. The molecule has 0 radical (unpaired) electrons.